The Bertz CT molecular complexity index is 117. The van der Waals surface area contributed by atoms with Crippen molar-refractivity contribution in [2.24, 2.45) is 10.7 Å². The number of nitrogens with two attached hydrogens (primary N) is 1. The molecule has 1 unspecified atom stereocenters. The fourth-order valence-corrected chi connectivity index (χ4v) is 0.645. The first-order valence-corrected chi connectivity index (χ1v) is 3.79. The molecule has 0 bridgehead atoms. The molecule has 1 rings (SSSR count). The van der Waals surface area contributed by atoms with E-state index in [1.54, 1.807) is 0 Å². The molecule has 0 radical (unpaired) electrons. The van der Waals surface area contributed by atoms with Gasteiger partial charge in [-0.2, -0.15) is 0 Å². The van der Waals surface area contributed by atoms with Crippen LogP contribution in [-0.2, 0) is 4.74 Å². The number of nitrogens with zero attached hydrogens (tertiary/aromatic N) is 1. The third-order valence-corrected chi connectivity index (χ3v) is 1.20. The lowest BCUT2D eigenvalue weighted by Crippen LogP contribution is -2.10. The smallest absolute Gasteiger partial charge is 0.282 e. The Morgan fingerprint density at radius 1 is 1.80 bits per heavy atom. The monoisotopic (exact) mass is 146 g/mol. The van der Waals surface area contributed by atoms with E-state index in [0.29, 0.717) is 18.7 Å². The Kier molecular flexibility index (Phi) is 4.72. The quantitative estimate of drug-likeness (QED) is 0.607. The van der Waals surface area contributed by atoms with Gasteiger partial charge in [0, 0.05) is 1.43 Å². The summed E-state index contributed by atoms with van der Waals surface area (Å²) in [5.41, 5.74) is 5.23. The molecule has 2 N–H and O–H groups in total. The predicted molar refractivity (Wildman–Crippen MR) is 45.1 cm³/mol. The van der Waals surface area contributed by atoms with Crippen LogP contribution in [0.4, 0.5) is 0 Å². The van der Waals surface area contributed by atoms with Crippen molar-refractivity contribution in [3.63, 3.8) is 0 Å². The van der Waals surface area contributed by atoms with Gasteiger partial charge in [0.2, 0.25) is 0 Å². The Morgan fingerprint density at radius 3 is 2.60 bits per heavy atom. The molecule has 1 aliphatic rings. The van der Waals surface area contributed by atoms with Gasteiger partial charge in [-0.25, -0.2) is 4.99 Å². The van der Waals surface area contributed by atoms with Crippen LogP contribution in [0.15, 0.2) is 4.99 Å². The summed E-state index contributed by atoms with van der Waals surface area (Å²) < 4.78 is 4.88. The van der Waals surface area contributed by atoms with Crippen LogP contribution in [0.1, 0.15) is 28.6 Å². The van der Waals surface area contributed by atoms with Crippen LogP contribution in [0.2, 0.25) is 0 Å². The molecule has 1 heterocycles. The van der Waals surface area contributed by atoms with E-state index in [-0.39, 0.29) is 1.43 Å². The first kappa shape index (κ1) is 9.27. The van der Waals surface area contributed by atoms with E-state index in [2.05, 4.69) is 11.9 Å². The van der Waals surface area contributed by atoms with Crippen LogP contribution < -0.4 is 5.73 Å². The van der Waals surface area contributed by atoms with Crippen molar-refractivity contribution in [3.05, 3.63) is 0 Å². The molecule has 3 heteroatoms. The normalized spacial score (nSPS) is 22.3. The van der Waals surface area contributed by atoms with Gasteiger partial charge >= 0.3 is 0 Å². The maximum atomic E-state index is 5.23. The SMILES string of the molecule is CC.CCC1COC(N)=N1.[HH]. The van der Waals surface area contributed by atoms with Gasteiger partial charge in [-0.15, -0.1) is 0 Å². The van der Waals surface area contributed by atoms with Crippen LogP contribution in [0.25, 0.3) is 0 Å². The van der Waals surface area contributed by atoms with Gasteiger partial charge in [-0.1, -0.05) is 20.8 Å². The summed E-state index contributed by atoms with van der Waals surface area (Å²) in [5.74, 6) is 0. The number of hydrogen-bond donors (Lipinski definition) is 1. The number of ether oxygens (including phenoxy) is 1. The van der Waals surface area contributed by atoms with Crippen LogP contribution in [0.3, 0.4) is 0 Å². The number of amidine groups is 1. The van der Waals surface area contributed by atoms with E-state index in [0.717, 1.165) is 6.42 Å². The van der Waals surface area contributed by atoms with Crippen molar-refractivity contribution < 1.29 is 6.16 Å². The molecule has 62 valence electrons. The summed E-state index contributed by atoms with van der Waals surface area (Å²) in [7, 11) is 0. The molecule has 1 atom stereocenters. The van der Waals surface area contributed by atoms with E-state index >= 15 is 0 Å². The summed E-state index contributed by atoms with van der Waals surface area (Å²) in [4.78, 5) is 3.98. The number of rotatable bonds is 1. The third kappa shape index (κ3) is 2.71. The van der Waals surface area contributed by atoms with Crippen molar-refractivity contribution in [3.8, 4) is 0 Å². The Morgan fingerprint density at radius 2 is 2.40 bits per heavy atom. The average molecular weight is 146 g/mol. The molecule has 0 aromatic rings. The Hall–Kier alpha value is -0.730. The second kappa shape index (κ2) is 5.09. The third-order valence-electron chi connectivity index (χ3n) is 1.20. The van der Waals surface area contributed by atoms with Crippen LogP contribution >= 0.6 is 0 Å². The molecule has 0 saturated heterocycles. The van der Waals surface area contributed by atoms with Crippen molar-refractivity contribution in [2.45, 2.75) is 33.2 Å². The lowest BCUT2D eigenvalue weighted by Gasteiger charge is -1.95. The van der Waals surface area contributed by atoms with E-state index in [1.807, 2.05) is 13.8 Å². The lowest BCUT2D eigenvalue weighted by atomic mass is 10.3. The van der Waals surface area contributed by atoms with Crippen LogP contribution in [0, 0.1) is 0 Å². The fourth-order valence-electron chi connectivity index (χ4n) is 0.645. The van der Waals surface area contributed by atoms with Gasteiger partial charge in [0.15, 0.2) is 0 Å². The van der Waals surface area contributed by atoms with E-state index in [4.69, 9.17) is 10.5 Å². The highest BCUT2D eigenvalue weighted by Gasteiger charge is 2.12. The van der Waals surface area contributed by atoms with E-state index in [9.17, 15) is 0 Å². The van der Waals surface area contributed by atoms with Gasteiger partial charge in [0.05, 0.1) is 6.04 Å². The molecule has 10 heavy (non-hydrogen) atoms. The predicted octanol–water partition coefficient (Wildman–Crippen LogP) is 1.38. The number of aliphatic imine (C=N–C) groups is 1. The molecule has 1 aliphatic heterocycles. The topological polar surface area (TPSA) is 47.6 Å². The maximum absolute atomic E-state index is 5.23. The molecule has 0 spiro atoms. The molecule has 0 aromatic carbocycles. The van der Waals surface area contributed by atoms with Gasteiger partial charge in [0.25, 0.3) is 6.02 Å². The summed E-state index contributed by atoms with van der Waals surface area (Å²) in [6.45, 7) is 6.73. The molecule has 0 amide bonds. The molecule has 0 aromatic heterocycles. The second-order valence-electron chi connectivity index (χ2n) is 1.84. The van der Waals surface area contributed by atoms with E-state index in [1.165, 1.54) is 0 Å². The summed E-state index contributed by atoms with van der Waals surface area (Å²) in [5, 5.41) is 0. The highest BCUT2D eigenvalue weighted by atomic mass is 16.5. The Labute approximate surface area is 63.8 Å². The first-order valence-electron chi connectivity index (χ1n) is 3.79. The van der Waals surface area contributed by atoms with Gasteiger partial charge < -0.3 is 10.5 Å². The van der Waals surface area contributed by atoms with Crippen LogP contribution in [-0.4, -0.2) is 18.7 Å². The highest BCUT2D eigenvalue weighted by molar-refractivity contribution is 5.72. The second-order valence-corrected chi connectivity index (χ2v) is 1.84. The van der Waals surface area contributed by atoms with Crippen LogP contribution in [0.5, 0.6) is 0 Å². The molecule has 0 aliphatic carbocycles. The highest BCUT2D eigenvalue weighted by Crippen LogP contribution is 2.03. The molecular weight excluding hydrogens is 128 g/mol. The van der Waals surface area contributed by atoms with Crippen molar-refractivity contribution in [1.29, 1.82) is 0 Å². The maximum Gasteiger partial charge on any atom is 0.282 e. The summed E-state index contributed by atoms with van der Waals surface area (Å²) in [6.07, 6.45) is 1.01. The summed E-state index contributed by atoms with van der Waals surface area (Å²) in [6, 6.07) is 0.659. The van der Waals surface area contributed by atoms with Crippen molar-refractivity contribution >= 4 is 6.02 Å². The zero-order valence-electron chi connectivity index (χ0n) is 6.92. The minimum Gasteiger partial charge on any atom is -0.463 e. The standard InChI is InChI=1S/C5H10N2O.C2H6.H2/c1-2-4-3-8-5(6)7-4;1-2;/h4H,2-3H2,1H3,(H2,6,7);1-2H3;1H. The fraction of sp³-hybridized carbons (Fsp3) is 0.857. The molecule has 0 saturated carbocycles. The zero-order chi connectivity index (χ0) is 7.98. The Balaban J connectivity index is 0. The first-order chi connectivity index (χ1) is 4.83. The van der Waals surface area contributed by atoms with Gasteiger partial charge in [-0.05, 0) is 6.42 Å². The van der Waals surface area contributed by atoms with E-state index < -0.39 is 0 Å². The lowest BCUT2D eigenvalue weighted by molar-refractivity contribution is 0.310. The van der Waals surface area contributed by atoms with Crippen molar-refractivity contribution in [2.75, 3.05) is 6.61 Å². The molecule has 3 nitrogen and oxygen atoms in total. The van der Waals surface area contributed by atoms with Gasteiger partial charge in [0.1, 0.15) is 6.61 Å². The zero-order valence-corrected chi connectivity index (χ0v) is 6.92. The molecular formula is C7H18N2O. The van der Waals surface area contributed by atoms with Crippen molar-refractivity contribution in [1.82, 2.24) is 0 Å². The summed E-state index contributed by atoms with van der Waals surface area (Å²) >= 11 is 0. The minimum absolute atomic E-state index is 0. The molecule has 0 fully saturated rings. The minimum atomic E-state index is 0. The van der Waals surface area contributed by atoms with Gasteiger partial charge in [-0.3, -0.25) is 0 Å². The average Bonchev–Trinajstić information content (AvgIpc) is 2.40. The number of hydrogen-bond acceptors (Lipinski definition) is 3. The largest absolute Gasteiger partial charge is 0.463 e.